The number of nitrogens with two attached hydrogens (primary N) is 1. The molecule has 0 unspecified atom stereocenters. The number of phenols is 2. The summed E-state index contributed by atoms with van der Waals surface area (Å²) in [5.41, 5.74) is 15.0. The molecule has 5 aromatic rings. The zero-order chi connectivity index (χ0) is 41.1. The fourth-order valence-electron chi connectivity index (χ4n) is 8.01. The van der Waals surface area contributed by atoms with E-state index in [0.717, 1.165) is 64.8 Å². The number of ether oxygens (including phenoxy) is 1. The summed E-state index contributed by atoms with van der Waals surface area (Å²) in [7, 11) is 0. The summed E-state index contributed by atoms with van der Waals surface area (Å²) >= 11 is 0. The third-order valence-corrected chi connectivity index (χ3v) is 11.5. The van der Waals surface area contributed by atoms with Gasteiger partial charge < -0.3 is 31.0 Å². The highest BCUT2D eigenvalue weighted by molar-refractivity contribution is 5.98. The Balaban J connectivity index is 0.967. The molecule has 1 aliphatic carbocycles. The van der Waals surface area contributed by atoms with Crippen molar-refractivity contribution in [2.75, 3.05) is 6.61 Å². The Hall–Kier alpha value is -6.30. The lowest BCUT2D eigenvalue weighted by Crippen LogP contribution is -2.27. The number of hydrogen-bond donors (Lipinski definition) is 5. The number of H-pyrrole nitrogens is 1. The fraction of sp³-hybridized carbons (Fsp3) is 0.294. The van der Waals surface area contributed by atoms with E-state index in [9.17, 15) is 19.8 Å². The number of nitrogens with one attached hydrogen (secondary N) is 2. The second-order valence-electron chi connectivity index (χ2n) is 15.8. The average molecular weight is 788 g/mol. The van der Waals surface area contributed by atoms with Crippen molar-refractivity contribution in [3.05, 3.63) is 165 Å². The number of rotatable bonds is 16. The number of aromatic hydroxyl groups is 2. The summed E-state index contributed by atoms with van der Waals surface area (Å²) in [4.78, 5) is 29.7. The van der Waals surface area contributed by atoms with E-state index >= 15 is 0 Å². The first-order valence-electron chi connectivity index (χ1n) is 20.8. The SMILES string of the molecule is C[C@H](CCC/C=C/C(=O)CCc1ccc(O)c(OCCc2ccc(O)c([C@@H]3CC(=O)c4cc[nH]c4CC#Cc4cc5c(cc43)C=CN[C@H]5N)c2)c1)CCc1ccccc1. The van der Waals surface area contributed by atoms with Crippen LogP contribution < -0.4 is 15.8 Å². The number of phenolic OH excluding ortho intramolecular Hbond substituents is 2. The molecule has 8 nitrogen and oxygen atoms in total. The summed E-state index contributed by atoms with van der Waals surface area (Å²) in [6, 6.07) is 27.1. The molecule has 0 saturated carbocycles. The number of fused-ring (bicyclic) bond motifs is 3. The lowest BCUT2D eigenvalue weighted by atomic mass is 9.80. The van der Waals surface area contributed by atoms with E-state index in [0.29, 0.717) is 48.5 Å². The molecule has 0 bridgehead atoms. The normalized spacial score (nSPS) is 16.3. The van der Waals surface area contributed by atoms with Crippen LogP contribution in [0.5, 0.6) is 17.2 Å². The van der Waals surface area contributed by atoms with Gasteiger partial charge in [0.05, 0.1) is 13.0 Å². The van der Waals surface area contributed by atoms with E-state index < -0.39 is 5.92 Å². The molecule has 1 aromatic heterocycles. The van der Waals surface area contributed by atoms with Gasteiger partial charge in [-0.1, -0.05) is 79.8 Å². The van der Waals surface area contributed by atoms with Gasteiger partial charge in [0.2, 0.25) is 0 Å². The van der Waals surface area contributed by atoms with Crippen molar-refractivity contribution < 1.29 is 24.5 Å². The van der Waals surface area contributed by atoms with Gasteiger partial charge in [0.15, 0.2) is 23.1 Å². The minimum Gasteiger partial charge on any atom is -0.508 e. The Morgan fingerprint density at radius 3 is 2.58 bits per heavy atom. The first-order valence-corrected chi connectivity index (χ1v) is 20.8. The van der Waals surface area contributed by atoms with Crippen LogP contribution in [-0.2, 0) is 30.5 Å². The van der Waals surface area contributed by atoms with Gasteiger partial charge in [-0.15, -0.1) is 0 Å². The molecule has 4 aromatic carbocycles. The quantitative estimate of drug-likeness (QED) is 0.0382. The molecular formula is C51H53N3O5. The van der Waals surface area contributed by atoms with Crippen LogP contribution in [-0.4, -0.2) is 33.4 Å². The number of unbranched alkanes of at least 4 members (excludes halogenated alkanes) is 1. The molecule has 1 aliphatic heterocycles. The van der Waals surface area contributed by atoms with Gasteiger partial charge >= 0.3 is 0 Å². The molecule has 59 heavy (non-hydrogen) atoms. The van der Waals surface area contributed by atoms with Crippen molar-refractivity contribution in [1.82, 2.24) is 10.3 Å². The lowest BCUT2D eigenvalue weighted by Gasteiger charge is -2.26. The molecule has 2 heterocycles. The van der Waals surface area contributed by atoms with E-state index in [1.807, 2.05) is 48.7 Å². The molecule has 302 valence electrons. The Bertz CT molecular complexity index is 2400. The molecule has 2 aliphatic rings. The molecule has 0 saturated heterocycles. The standard InChI is InChI=1S/C51H53N3O5/c1-34(15-16-35-10-5-3-6-11-35)9-4-2-7-13-40(55)20-17-36-19-22-48(57)50(30-36)59-28-25-37-18-21-47(56)45(29-37)44-33-49(58)41-24-27-53-46(41)14-8-12-38-32-43-39(31-42(38)44)23-26-54-51(43)52/h3,5-7,10-11,13,18-19,21-24,26-27,29-32,34,44,51,53-54,56-57H,2,4,9,14-17,20,25,28,33,52H2,1H3/b13-7+/t34-,44-,51-/m1/s1. The number of ketones is 2. The third kappa shape index (κ3) is 10.6. The van der Waals surface area contributed by atoms with Crippen LogP contribution in [0.25, 0.3) is 6.08 Å². The number of hydrogen-bond acceptors (Lipinski definition) is 7. The predicted octanol–water partition coefficient (Wildman–Crippen LogP) is 9.39. The summed E-state index contributed by atoms with van der Waals surface area (Å²) in [6.45, 7) is 2.56. The predicted molar refractivity (Wildman–Crippen MR) is 233 cm³/mol. The molecule has 0 fully saturated rings. The number of carbonyl (C=O) groups is 2. The van der Waals surface area contributed by atoms with Crippen molar-refractivity contribution in [3.8, 4) is 29.1 Å². The van der Waals surface area contributed by atoms with E-state index in [1.165, 1.54) is 12.0 Å². The van der Waals surface area contributed by atoms with Gasteiger partial charge in [0.1, 0.15) is 11.9 Å². The topological polar surface area (TPSA) is 138 Å². The van der Waals surface area contributed by atoms with Crippen molar-refractivity contribution in [2.45, 2.75) is 83.2 Å². The molecule has 6 N–H and O–H groups in total. The smallest absolute Gasteiger partial charge is 0.165 e. The van der Waals surface area contributed by atoms with Gasteiger partial charge in [0.25, 0.3) is 0 Å². The Labute approximate surface area is 347 Å². The zero-order valence-corrected chi connectivity index (χ0v) is 33.7. The van der Waals surface area contributed by atoms with Crippen molar-refractivity contribution >= 4 is 17.6 Å². The maximum Gasteiger partial charge on any atom is 0.165 e. The number of carbonyl (C=O) groups excluding carboxylic acids is 2. The van der Waals surface area contributed by atoms with Crippen molar-refractivity contribution in [2.24, 2.45) is 11.7 Å². The third-order valence-electron chi connectivity index (χ3n) is 11.5. The molecule has 7 rings (SSSR count). The minimum absolute atomic E-state index is 0.0264. The van der Waals surface area contributed by atoms with Crippen molar-refractivity contribution in [3.63, 3.8) is 0 Å². The van der Waals surface area contributed by atoms with Gasteiger partial charge in [-0.25, -0.2) is 0 Å². The second kappa shape index (κ2) is 19.4. The number of benzene rings is 4. The van der Waals surface area contributed by atoms with Crippen LogP contribution in [0.4, 0.5) is 0 Å². The highest BCUT2D eigenvalue weighted by Gasteiger charge is 2.28. The van der Waals surface area contributed by atoms with Gasteiger partial charge in [-0.2, -0.15) is 0 Å². The number of aryl methyl sites for hydroxylation is 2. The van der Waals surface area contributed by atoms with E-state index in [2.05, 4.69) is 59.4 Å². The first-order chi connectivity index (χ1) is 28.7. The van der Waals surface area contributed by atoms with Crippen LogP contribution >= 0.6 is 0 Å². The van der Waals surface area contributed by atoms with Gasteiger partial charge in [-0.3, -0.25) is 9.59 Å². The van der Waals surface area contributed by atoms with Crippen LogP contribution in [0.2, 0.25) is 0 Å². The fourth-order valence-corrected chi connectivity index (χ4v) is 8.01. The molecule has 8 heteroatoms. The monoisotopic (exact) mass is 787 g/mol. The van der Waals surface area contributed by atoms with Crippen LogP contribution in [0.1, 0.15) is 118 Å². The Morgan fingerprint density at radius 2 is 1.73 bits per heavy atom. The average Bonchev–Trinajstić information content (AvgIpc) is 3.72. The maximum atomic E-state index is 13.9. The Morgan fingerprint density at radius 1 is 0.915 bits per heavy atom. The van der Waals surface area contributed by atoms with Crippen LogP contribution in [0, 0.1) is 17.8 Å². The lowest BCUT2D eigenvalue weighted by molar-refractivity contribution is -0.114. The number of aromatic nitrogens is 1. The van der Waals surface area contributed by atoms with Crippen LogP contribution in [0.15, 0.2) is 109 Å². The number of allylic oxidation sites excluding steroid dienone is 2. The summed E-state index contributed by atoms with van der Waals surface area (Å²) < 4.78 is 6.09. The minimum atomic E-state index is -0.490. The summed E-state index contributed by atoms with van der Waals surface area (Å²) in [6.07, 6.45) is 16.1. The molecule has 0 radical (unpaired) electrons. The largest absolute Gasteiger partial charge is 0.508 e. The summed E-state index contributed by atoms with van der Waals surface area (Å²) in [5, 5.41) is 25.1. The van der Waals surface area contributed by atoms with E-state index in [4.69, 9.17) is 10.5 Å². The molecule has 0 amide bonds. The number of aromatic amines is 1. The molecule has 0 spiro atoms. The second-order valence-corrected chi connectivity index (χ2v) is 15.8. The zero-order valence-electron chi connectivity index (χ0n) is 33.7. The van der Waals surface area contributed by atoms with Gasteiger partial charge in [0, 0.05) is 53.8 Å². The van der Waals surface area contributed by atoms with Gasteiger partial charge in [-0.05, 0) is 126 Å². The van der Waals surface area contributed by atoms with E-state index in [1.54, 1.807) is 36.5 Å². The highest BCUT2D eigenvalue weighted by atomic mass is 16.5. The molecular weight excluding hydrogens is 735 g/mol. The number of Topliss-reactive ketones (excluding diaryl/α,β-unsaturated/α-hetero) is 1. The highest BCUT2D eigenvalue weighted by Crippen LogP contribution is 2.40. The maximum absolute atomic E-state index is 13.9. The summed E-state index contributed by atoms with van der Waals surface area (Å²) in [5.74, 6) is 7.26. The van der Waals surface area contributed by atoms with E-state index in [-0.39, 0.29) is 42.3 Å². The first kappa shape index (κ1) is 40.9. The van der Waals surface area contributed by atoms with Crippen molar-refractivity contribution in [1.29, 1.82) is 0 Å². The molecule has 3 atom stereocenters. The Kier molecular flexibility index (Phi) is 13.5. The van der Waals surface area contributed by atoms with Crippen LogP contribution in [0.3, 0.4) is 0 Å².